The lowest BCUT2D eigenvalue weighted by Gasteiger charge is -2.20. The molecule has 0 fully saturated rings. The van der Waals surface area contributed by atoms with E-state index in [1.54, 1.807) is 21.0 Å². The largest absolute Gasteiger partial charge is 0.481 e. The van der Waals surface area contributed by atoms with Crippen LogP contribution in [0.5, 0.6) is 0 Å². The number of carboxylic acids is 1. The number of hydrogen-bond donors (Lipinski definition) is 1. The lowest BCUT2D eigenvalue weighted by atomic mass is 10.0. The van der Waals surface area contributed by atoms with Crippen LogP contribution in [-0.4, -0.2) is 60.4 Å². The standard InChI is InChI=1S/C11H20N2O4/c1-8(6-11(16)17)5-9(14)13(4)7-10(15)12(2)3/h8H,5-7H2,1-4H3,(H,16,17). The monoisotopic (exact) mass is 244 g/mol. The topological polar surface area (TPSA) is 77.9 Å². The summed E-state index contributed by atoms with van der Waals surface area (Å²) in [5.41, 5.74) is 0. The lowest BCUT2D eigenvalue weighted by Crippen LogP contribution is -2.38. The van der Waals surface area contributed by atoms with Crippen molar-refractivity contribution in [3.63, 3.8) is 0 Å². The van der Waals surface area contributed by atoms with Crippen molar-refractivity contribution in [2.45, 2.75) is 19.8 Å². The molecule has 0 aliphatic heterocycles. The zero-order valence-electron chi connectivity index (χ0n) is 10.8. The van der Waals surface area contributed by atoms with Crippen LogP contribution in [0.2, 0.25) is 0 Å². The van der Waals surface area contributed by atoms with Gasteiger partial charge in [-0.25, -0.2) is 0 Å². The van der Waals surface area contributed by atoms with Crippen LogP contribution in [0.4, 0.5) is 0 Å². The van der Waals surface area contributed by atoms with Gasteiger partial charge in [-0.1, -0.05) is 6.92 Å². The second-order valence-corrected chi connectivity index (χ2v) is 4.45. The van der Waals surface area contributed by atoms with E-state index in [0.29, 0.717) is 0 Å². The van der Waals surface area contributed by atoms with E-state index in [9.17, 15) is 14.4 Å². The first-order valence-electron chi connectivity index (χ1n) is 5.40. The highest BCUT2D eigenvalue weighted by Gasteiger charge is 2.18. The number of likely N-dealkylation sites (N-methyl/N-ethyl adjacent to an activating group) is 2. The molecule has 1 unspecified atom stereocenters. The minimum atomic E-state index is -0.919. The van der Waals surface area contributed by atoms with Crippen LogP contribution in [-0.2, 0) is 14.4 Å². The number of rotatable bonds is 6. The van der Waals surface area contributed by atoms with Crippen LogP contribution >= 0.6 is 0 Å². The minimum Gasteiger partial charge on any atom is -0.481 e. The van der Waals surface area contributed by atoms with E-state index in [-0.39, 0.29) is 37.1 Å². The van der Waals surface area contributed by atoms with Gasteiger partial charge < -0.3 is 14.9 Å². The Labute approximate surface area is 101 Å². The number of carboxylic acid groups (broad SMARTS) is 1. The van der Waals surface area contributed by atoms with Crippen molar-refractivity contribution < 1.29 is 19.5 Å². The molecule has 0 spiro atoms. The second kappa shape index (κ2) is 6.88. The van der Waals surface area contributed by atoms with E-state index < -0.39 is 5.97 Å². The zero-order chi connectivity index (χ0) is 13.6. The summed E-state index contributed by atoms with van der Waals surface area (Å²) in [4.78, 5) is 36.2. The van der Waals surface area contributed by atoms with E-state index in [0.717, 1.165) is 0 Å². The van der Waals surface area contributed by atoms with Gasteiger partial charge in [0.05, 0.1) is 6.54 Å². The van der Waals surface area contributed by atoms with E-state index in [2.05, 4.69) is 0 Å². The Balaban J connectivity index is 4.14. The summed E-state index contributed by atoms with van der Waals surface area (Å²) >= 11 is 0. The smallest absolute Gasteiger partial charge is 0.303 e. The molecule has 0 aromatic rings. The highest BCUT2D eigenvalue weighted by Crippen LogP contribution is 2.09. The van der Waals surface area contributed by atoms with Gasteiger partial charge >= 0.3 is 5.97 Å². The predicted molar refractivity (Wildman–Crippen MR) is 62.4 cm³/mol. The van der Waals surface area contributed by atoms with Gasteiger partial charge in [-0.05, 0) is 5.92 Å². The average Bonchev–Trinajstić information content (AvgIpc) is 2.15. The lowest BCUT2D eigenvalue weighted by molar-refractivity contribution is -0.140. The summed E-state index contributed by atoms with van der Waals surface area (Å²) in [6.07, 6.45) is 0.102. The van der Waals surface area contributed by atoms with Crippen LogP contribution in [0, 0.1) is 5.92 Å². The van der Waals surface area contributed by atoms with E-state index in [4.69, 9.17) is 5.11 Å². The molecule has 0 radical (unpaired) electrons. The maximum Gasteiger partial charge on any atom is 0.303 e. The summed E-state index contributed by atoms with van der Waals surface area (Å²) in [6.45, 7) is 1.72. The molecule has 0 saturated heterocycles. The molecule has 0 bridgehead atoms. The Hall–Kier alpha value is -1.59. The van der Waals surface area contributed by atoms with E-state index in [1.807, 2.05) is 0 Å². The van der Waals surface area contributed by atoms with Crippen LogP contribution in [0.25, 0.3) is 0 Å². The third-order valence-corrected chi connectivity index (χ3v) is 2.34. The third-order valence-electron chi connectivity index (χ3n) is 2.34. The Kier molecular flexibility index (Phi) is 6.23. The Morgan fingerprint density at radius 2 is 1.59 bits per heavy atom. The molecule has 0 aliphatic rings. The normalized spacial score (nSPS) is 11.8. The fraction of sp³-hybridized carbons (Fsp3) is 0.727. The average molecular weight is 244 g/mol. The quantitative estimate of drug-likeness (QED) is 0.715. The maximum atomic E-state index is 11.7. The molecule has 0 saturated carbocycles. The number of nitrogens with zero attached hydrogens (tertiary/aromatic N) is 2. The molecule has 0 aromatic heterocycles. The van der Waals surface area contributed by atoms with Gasteiger partial charge in [0, 0.05) is 34.0 Å². The molecule has 0 aliphatic carbocycles. The molecule has 98 valence electrons. The molecule has 2 amide bonds. The van der Waals surface area contributed by atoms with Gasteiger partial charge in [0.15, 0.2) is 0 Å². The molecule has 0 rings (SSSR count). The Morgan fingerprint density at radius 3 is 2.00 bits per heavy atom. The van der Waals surface area contributed by atoms with Crippen LogP contribution in [0.3, 0.4) is 0 Å². The number of amides is 2. The Bertz CT molecular complexity index is 302. The summed E-state index contributed by atoms with van der Waals surface area (Å²) in [7, 11) is 4.78. The summed E-state index contributed by atoms with van der Waals surface area (Å²) in [5.74, 6) is -1.52. The molecule has 6 heteroatoms. The first-order valence-corrected chi connectivity index (χ1v) is 5.40. The number of hydrogen-bond acceptors (Lipinski definition) is 3. The van der Waals surface area contributed by atoms with Gasteiger partial charge in [0.25, 0.3) is 0 Å². The fourth-order valence-corrected chi connectivity index (χ4v) is 1.26. The highest BCUT2D eigenvalue weighted by atomic mass is 16.4. The van der Waals surface area contributed by atoms with Gasteiger partial charge in [-0.3, -0.25) is 14.4 Å². The minimum absolute atomic E-state index is 0.0195. The first-order chi connectivity index (χ1) is 7.73. The summed E-state index contributed by atoms with van der Waals surface area (Å²) < 4.78 is 0. The molecule has 0 aromatic carbocycles. The third kappa shape index (κ3) is 6.55. The van der Waals surface area contributed by atoms with Crippen molar-refractivity contribution in [3.05, 3.63) is 0 Å². The van der Waals surface area contributed by atoms with E-state index in [1.165, 1.54) is 16.8 Å². The first kappa shape index (κ1) is 15.4. The van der Waals surface area contributed by atoms with Crippen LogP contribution in [0.1, 0.15) is 19.8 Å². The van der Waals surface area contributed by atoms with Crippen molar-refractivity contribution in [2.75, 3.05) is 27.7 Å². The summed E-state index contributed by atoms with van der Waals surface area (Å²) in [6, 6.07) is 0. The van der Waals surface area contributed by atoms with Crippen molar-refractivity contribution in [2.24, 2.45) is 5.92 Å². The Morgan fingerprint density at radius 1 is 1.06 bits per heavy atom. The maximum absolute atomic E-state index is 11.7. The zero-order valence-corrected chi connectivity index (χ0v) is 10.8. The van der Waals surface area contributed by atoms with Gasteiger partial charge in [-0.15, -0.1) is 0 Å². The molecule has 1 N–H and O–H groups in total. The molecular weight excluding hydrogens is 224 g/mol. The van der Waals surface area contributed by atoms with Gasteiger partial charge in [0.2, 0.25) is 11.8 Å². The van der Waals surface area contributed by atoms with Crippen molar-refractivity contribution >= 4 is 17.8 Å². The SMILES string of the molecule is CC(CC(=O)O)CC(=O)N(C)CC(=O)N(C)C. The molecule has 6 nitrogen and oxygen atoms in total. The molecule has 0 heterocycles. The molecule has 17 heavy (non-hydrogen) atoms. The number of aliphatic carboxylic acids is 1. The summed E-state index contributed by atoms with van der Waals surface area (Å²) in [5, 5.41) is 8.57. The van der Waals surface area contributed by atoms with Gasteiger partial charge in [-0.2, -0.15) is 0 Å². The van der Waals surface area contributed by atoms with Gasteiger partial charge in [0.1, 0.15) is 0 Å². The van der Waals surface area contributed by atoms with E-state index >= 15 is 0 Å². The van der Waals surface area contributed by atoms with Crippen molar-refractivity contribution in [1.82, 2.24) is 9.80 Å². The number of carbonyl (C=O) groups excluding carboxylic acids is 2. The highest BCUT2D eigenvalue weighted by molar-refractivity contribution is 5.84. The molecular formula is C11H20N2O4. The second-order valence-electron chi connectivity index (χ2n) is 4.45. The number of carbonyl (C=O) groups is 3. The van der Waals surface area contributed by atoms with Crippen LogP contribution in [0.15, 0.2) is 0 Å². The van der Waals surface area contributed by atoms with Crippen molar-refractivity contribution in [3.8, 4) is 0 Å². The fourth-order valence-electron chi connectivity index (χ4n) is 1.26. The predicted octanol–water partition coefficient (Wildman–Crippen LogP) is 0.0339. The molecule has 1 atom stereocenters. The van der Waals surface area contributed by atoms with Crippen LogP contribution < -0.4 is 0 Å². The van der Waals surface area contributed by atoms with Crippen molar-refractivity contribution in [1.29, 1.82) is 0 Å².